The van der Waals surface area contributed by atoms with Gasteiger partial charge in [-0.25, -0.2) is 0 Å². The SMILES string of the molecule is CCCCCCCCCCCCCCCCCCCC(=O)OC[C@H](COC(=O)CCCCCCCCCCCC)OC(=O)CCCCCCCCCCCC. The third-order valence-electron chi connectivity index (χ3n) is 11.1. The van der Waals surface area contributed by atoms with Crippen molar-refractivity contribution in [3.8, 4) is 0 Å². The van der Waals surface area contributed by atoms with Gasteiger partial charge in [0.25, 0.3) is 0 Å². The van der Waals surface area contributed by atoms with E-state index in [0.717, 1.165) is 57.8 Å². The van der Waals surface area contributed by atoms with Crippen LogP contribution < -0.4 is 0 Å². The van der Waals surface area contributed by atoms with Crippen molar-refractivity contribution in [3.63, 3.8) is 0 Å². The molecular weight excluding hydrogens is 685 g/mol. The van der Waals surface area contributed by atoms with Crippen molar-refractivity contribution in [2.45, 2.75) is 284 Å². The van der Waals surface area contributed by atoms with Crippen molar-refractivity contribution >= 4 is 17.9 Å². The minimum atomic E-state index is -0.758. The molecule has 0 bridgehead atoms. The van der Waals surface area contributed by atoms with Crippen molar-refractivity contribution < 1.29 is 28.6 Å². The Labute approximate surface area is 342 Å². The monoisotopic (exact) mass is 779 g/mol. The molecule has 6 heteroatoms. The second-order valence-corrected chi connectivity index (χ2v) is 16.7. The molecule has 0 spiro atoms. The van der Waals surface area contributed by atoms with Gasteiger partial charge in [0.1, 0.15) is 13.2 Å². The molecular formula is C49H94O6. The van der Waals surface area contributed by atoms with Gasteiger partial charge in [-0.1, -0.05) is 239 Å². The van der Waals surface area contributed by atoms with Crippen LogP contribution in [0, 0.1) is 0 Å². The number of hydrogen-bond donors (Lipinski definition) is 0. The molecule has 0 aliphatic heterocycles. The molecule has 326 valence electrons. The van der Waals surface area contributed by atoms with Gasteiger partial charge in [0.05, 0.1) is 0 Å². The number of esters is 3. The van der Waals surface area contributed by atoms with E-state index in [2.05, 4.69) is 20.8 Å². The van der Waals surface area contributed by atoms with Crippen LogP contribution in [0.5, 0.6) is 0 Å². The Hall–Kier alpha value is -1.59. The summed E-state index contributed by atoms with van der Waals surface area (Å²) in [5.41, 5.74) is 0. The maximum atomic E-state index is 12.7. The van der Waals surface area contributed by atoms with Crippen molar-refractivity contribution in [2.24, 2.45) is 0 Å². The van der Waals surface area contributed by atoms with E-state index in [9.17, 15) is 14.4 Å². The standard InChI is InChI=1S/C49H94O6/c1-4-7-10-13-16-19-22-23-24-25-26-27-28-31-33-36-39-42-48(51)54-45-46(55-49(52)43-40-37-34-30-21-18-15-12-9-6-3)44-53-47(50)41-38-35-32-29-20-17-14-11-8-5-2/h46H,4-45H2,1-3H3/t46-/m0/s1. The van der Waals surface area contributed by atoms with E-state index >= 15 is 0 Å². The van der Waals surface area contributed by atoms with E-state index in [0.29, 0.717) is 19.3 Å². The van der Waals surface area contributed by atoms with Crippen LogP contribution in [0.15, 0.2) is 0 Å². The van der Waals surface area contributed by atoms with E-state index in [1.165, 1.54) is 180 Å². The number of rotatable bonds is 45. The van der Waals surface area contributed by atoms with Crippen molar-refractivity contribution in [2.75, 3.05) is 13.2 Å². The summed E-state index contributed by atoms with van der Waals surface area (Å²) in [6.07, 6.45) is 46.6. The number of carbonyl (C=O) groups is 3. The van der Waals surface area contributed by atoms with E-state index in [4.69, 9.17) is 14.2 Å². The molecule has 55 heavy (non-hydrogen) atoms. The number of ether oxygens (including phenoxy) is 3. The van der Waals surface area contributed by atoms with Crippen LogP contribution in [0.2, 0.25) is 0 Å². The molecule has 0 radical (unpaired) electrons. The quantitative estimate of drug-likeness (QED) is 0.0348. The zero-order chi connectivity index (χ0) is 40.1. The summed E-state index contributed by atoms with van der Waals surface area (Å²) in [4.78, 5) is 37.7. The maximum Gasteiger partial charge on any atom is 0.306 e. The average molecular weight is 779 g/mol. The molecule has 0 heterocycles. The highest BCUT2D eigenvalue weighted by molar-refractivity contribution is 5.71. The fourth-order valence-electron chi connectivity index (χ4n) is 7.38. The summed E-state index contributed by atoms with van der Waals surface area (Å²) in [5.74, 6) is -0.849. The fourth-order valence-corrected chi connectivity index (χ4v) is 7.38. The molecule has 6 nitrogen and oxygen atoms in total. The highest BCUT2D eigenvalue weighted by atomic mass is 16.6. The Kier molecular flexibility index (Phi) is 43.8. The Bertz CT molecular complexity index is 813. The van der Waals surface area contributed by atoms with Gasteiger partial charge >= 0.3 is 17.9 Å². The number of unbranched alkanes of at least 4 members (excludes halogenated alkanes) is 34. The molecule has 1 atom stereocenters. The first kappa shape index (κ1) is 53.4. The lowest BCUT2D eigenvalue weighted by Gasteiger charge is -2.18. The molecule has 0 saturated carbocycles. The molecule has 0 aromatic rings. The summed E-state index contributed by atoms with van der Waals surface area (Å²) in [5, 5.41) is 0. The normalized spacial score (nSPS) is 11.8. The molecule has 0 rings (SSSR count). The lowest BCUT2D eigenvalue weighted by atomic mass is 10.0. The van der Waals surface area contributed by atoms with E-state index in [1.54, 1.807) is 0 Å². The van der Waals surface area contributed by atoms with Gasteiger partial charge in [0.2, 0.25) is 0 Å². The maximum absolute atomic E-state index is 12.7. The predicted molar refractivity (Wildman–Crippen MR) is 233 cm³/mol. The first-order valence-electron chi connectivity index (χ1n) is 24.5. The third kappa shape index (κ3) is 43.4. The van der Waals surface area contributed by atoms with Crippen LogP contribution in [0.3, 0.4) is 0 Å². The minimum absolute atomic E-state index is 0.0624. The lowest BCUT2D eigenvalue weighted by molar-refractivity contribution is -0.167. The number of carbonyl (C=O) groups excluding carboxylic acids is 3. The van der Waals surface area contributed by atoms with Gasteiger partial charge < -0.3 is 14.2 Å². The van der Waals surface area contributed by atoms with Crippen LogP contribution in [0.1, 0.15) is 278 Å². The van der Waals surface area contributed by atoms with E-state index in [-0.39, 0.29) is 31.1 Å². The topological polar surface area (TPSA) is 78.9 Å². The highest BCUT2D eigenvalue weighted by Crippen LogP contribution is 2.16. The van der Waals surface area contributed by atoms with Gasteiger partial charge in [-0.15, -0.1) is 0 Å². The summed E-state index contributed by atoms with van der Waals surface area (Å²) in [7, 11) is 0. The van der Waals surface area contributed by atoms with Gasteiger partial charge in [-0.2, -0.15) is 0 Å². The molecule has 0 fully saturated rings. The van der Waals surface area contributed by atoms with Gasteiger partial charge in [0, 0.05) is 19.3 Å². The summed E-state index contributed by atoms with van der Waals surface area (Å²) in [6, 6.07) is 0. The molecule has 0 aliphatic rings. The Balaban J connectivity index is 4.23. The Morgan fingerprint density at radius 1 is 0.291 bits per heavy atom. The molecule has 0 aromatic heterocycles. The summed E-state index contributed by atoms with van der Waals surface area (Å²) >= 11 is 0. The van der Waals surface area contributed by atoms with E-state index in [1.807, 2.05) is 0 Å². The first-order chi connectivity index (χ1) is 27.0. The Morgan fingerprint density at radius 2 is 0.491 bits per heavy atom. The molecule has 0 aromatic carbocycles. The second kappa shape index (κ2) is 45.1. The van der Waals surface area contributed by atoms with Crippen LogP contribution in [-0.4, -0.2) is 37.2 Å². The second-order valence-electron chi connectivity index (χ2n) is 16.7. The summed E-state index contributed by atoms with van der Waals surface area (Å²) < 4.78 is 16.7. The fraction of sp³-hybridized carbons (Fsp3) is 0.939. The van der Waals surface area contributed by atoms with E-state index < -0.39 is 6.10 Å². The molecule has 0 unspecified atom stereocenters. The first-order valence-corrected chi connectivity index (χ1v) is 24.5. The van der Waals surface area contributed by atoms with Crippen molar-refractivity contribution in [1.29, 1.82) is 0 Å². The zero-order valence-corrected chi connectivity index (χ0v) is 37.2. The largest absolute Gasteiger partial charge is 0.462 e. The smallest absolute Gasteiger partial charge is 0.306 e. The Morgan fingerprint density at radius 3 is 0.727 bits per heavy atom. The molecule has 0 amide bonds. The van der Waals surface area contributed by atoms with Gasteiger partial charge in [0.15, 0.2) is 6.10 Å². The zero-order valence-electron chi connectivity index (χ0n) is 37.2. The third-order valence-corrected chi connectivity index (χ3v) is 11.1. The van der Waals surface area contributed by atoms with Crippen LogP contribution in [-0.2, 0) is 28.6 Å². The molecule has 0 N–H and O–H groups in total. The average Bonchev–Trinajstić information content (AvgIpc) is 3.18. The van der Waals surface area contributed by atoms with Crippen molar-refractivity contribution in [3.05, 3.63) is 0 Å². The summed E-state index contributed by atoms with van der Waals surface area (Å²) in [6.45, 7) is 6.65. The van der Waals surface area contributed by atoms with Gasteiger partial charge in [-0.3, -0.25) is 14.4 Å². The van der Waals surface area contributed by atoms with Crippen LogP contribution in [0.25, 0.3) is 0 Å². The molecule has 0 aliphatic carbocycles. The highest BCUT2D eigenvalue weighted by Gasteiger charge is 2.19. The van der Waals surface area contributed by atoms with Crippen molar-refractivity contribution in [1.82, 2.24) is 0 Å². The van der Waals surface area contributed by atoms with Crippen LogP contribution in [0.4, 0.5) is 0 Å². The lowest BCUT2D eigenvalue weighted by Crippen LogP contribution is -2.30. The molecule has 0 saturated heterocycles. The minimum Gasteiger partial charge on any atom is -0.462 e. The van der Waals surface area contributed by atoms with Gasteiger partial charge in [-0.05, 0) is 19.3 Å². The predicted octanol–water partition coefficient (Wildman–Crippen LogP) is 15.6. The van der Waals surface area contributed by atoms with Crippen LogP contribution >= 0.6 is 0 Å². The number of hydrogen-bond acceptors (Lipinski definition) is 6.